The molecule has 0 aromatic heterocycles. The molecule has 0 aliphatic rings. The average Bonchev–Trinajstić information content (AvgIpc) is 2.65. The van der Waals surface area contributed by atoms with Crippen molar-refractivity contribution in [3.05, 3.63) is 70.8 Å². The zero-order valence-electron chi connectivity index (χ0n) is 16.7. The van der Waals surface area contributed by atoms with Crippen molar-refractivity contribution in [1.82, 2.24) is 0 Å². The van der Waals surface area contributed by atoms with E-state index in [-0.39, 0.29) is 11.4 Å². The Labute approximate surface area is 168 Å². The number of benzene rings is 3. The van der Waals surface area contributed by atoms with Gasteiger partial charge in [0, 0.05) is 19.2 Å². The number of anilines is 1. The van der Waals surface area contributed by atoms with E-state index in [2.05, 4.69) is 0 Å². The van der Waals surface area contributed by atoms with Crippen molar-refractivity contribution in [2.75, 3.05) is 11.9 Å². The Morgan fingerprint density at radius 3 is 2.24 bits per heavy atom. The quantitative estimate of drug-likeness (QED) is 0.406. The zero-order valence-corrected chi connectivity index (χ0v) is 16.7. The van der Waals surface area contributed by atoms with E-state index in [0.717, 1.165) is 15.7 Å². The fourth-order valence-corrected chi connectivity index (χ4v) is 2.79. The Morgan fingerprint density at radius 1 is 0.966 bits per heavy atom. The Hall–Kier alpha value is -3.61. The number of nitro benzene ring substituents is 1. The molecule has 7 nitrogen and oxygen atoms in total. The van der Waals surface area contributed by atoms with Crippen LogP contribution in [0.1, 0.15) is 20.8 Å². The number of rotatable bonds is 4. The second kappa shape index (κ2) is 7.79. The molecule has 0 N–H and O–H groups in total. The highest BCUT2D eigenvalue weighted by molar-refractivity contribution is 5.90. The van der Waals surface area contributed by atoms with Crippen molar-refractivity contribution in [2.45, 2.75) is 26.4 Å². The molecule has 0 aliphatic carbocycles. The maximum absolute atomic E-state index is 12.4. The van der Waals surface area contributed by atoms with Crippen LogP contribution in [0.25, 0.3) is 10.8 Å². The highest BCUT2D eigenvalue weighted by atomic mass is 16.6. The van der Waals surface area contributed by atoms with E-state index in [1.807, 2.05) is 42.5 Å². The lowest BCUT2D eigenvalue weighted by Gasteiger charge is -2.24. The van der Waals surface area contributed by atoms with Crippen LogP contribution >= 0.6 is 0 Å². The molecule has 3 rings (SSSR count). The minimum atomic E-state index is -0.723. The molecule has 3 aromatic rings. The van der Waals surface area contributed by atoms with Crippen LogP contribution in [0.5, 0.6) is 11.5 Å². The number of carbonyl (C=O) groups excluding carboxylic acids is 1. The molecule has 0 saturated heterocycles. The van der Waals surface area contributed by atoms with Crippen LogP contribution in [0.3, 0.4) is 0 Å². The summed E-state index contributed by atoms with van der Waals surface area (Å²) >= 11 is 0. The number of hydrogen-bond acceptors (Lipinski definition) is 5. The molecular weight excluding hydrogens is 372 g/mol. The summed E-state index contributed by atoms with van der Waals surface area (Å²) in [5.41, 5.74) is -0.856. The van der Waals surface area contributed by atoms with Crippen molar-refractivity contribution < 1.29 is 19.2 Å². The van der Waals surface area contributed by atoms with E-state index in [1.54, 1.807) is 20.8 Å². The molecule has 0 fully saturated rings. The lowest BCUT2D eigenvalue weighted by Crippen LogP contribution is -2.34. The van der Waals surface area contributed by atoms with Gasteiger partial charge in [-0.3, -0.25) is 15.0 Å². The molecule has 0 radical (unpaired) electrons. The number of carbonyl (C=O) groups is 1. The largest absolute Gasteiger partial charge is 0.457 e. The molecule has 0 atom stereocenters. The maximum Gasteiger partial charge on any atom is 0.414 e. The summed E-state index contributed by atoms with van der Waals surface area (Å²) in [5, 5.41) is 13.5. The van der Waals surface area contributed by atoms with Crippen LogP contribution in [-0.2, 0) is 4.74 Å². The highest BCUT2D eigenvalue weighted by Crippen LogP contribution is 2.35. The third kappa shape index (κ3) is 4.82. The summed E-state index contributed by atoms with van der Waals surface area (Å²) in [7, 11) is 1.43. The summed E-state index contributed by atoms with van der Waals surface area (Å²) in [6, 6.07) is 17.8. The number of ether oxygens (including phenoxy) is 2. The van der Waals surface area contributed by atoms with Crippen molar-refractivity contribution in [3.8, 4) is 11.5 Å². The summed E-state index contributed by atoms with van der Waals surface area (Å²) < 4.78 is 11.2. The van der Waals surface area contributed by atoms with Crippen molar-refractivity contribution in [2.24, 2.45) is 0 Å². The number of nitrogens with zero attached hydrogens (tertiary/aromatic N) is 2. The molecule has 7 heteroatoms. The SMILES string of the molecule is CN(C(=O)OC(C)(C)C)c1cc(Oc2ccc3ccccc3c2)ccc1[N+](=O)[O-]. The molecule has 0 unspecified atom stereocenters. The third-order valence-corrected chi connectivity index (χ3v) is 4.13. The maximum atomic E-state index is 12.4. The average molecular weight is 394 g/mol. The van der Waals surface area contributed by atoms with Crippen LogP contribution in [0.4, 0.5) is 16.2 Å². The van der Waals surface area contributed by atoms with Gasteiger partial charge in [0.1, 0.15) is 22.8 Å². The van der Waals surface area contributed by atoms with Crippen LogP contribution in [0.2, 0.25) is 0 Å². The zero-order chi connectivity index (χ0) is 21.2. The molecular formula is C22H22N2O5. The minimum Gasteiger partial charge on any atom is -0.457 e. The third-order valence-electron chi connectivity index (χ3n) is 4.13. The van der Waals surface area contributed by atoms with Gasteiger partial charge in [-0.2, -0.15) is 0 Å². The predicted molar refractivity (Wildman–Crippen MR) is 112 cm³/mol. The molecule has 150 valence electrons. The molecule has 0 spiro atoms. The number of amides is 1. The first-order chi connectivity index (χ1) is 13.6. The number of hydrogen-bond donors (Lipinski definition) is 0. The summed E-state index contributed by atoms with van der Waals surface area (Å²) in [6.07, 6.45) is -0.691. The number of nitro groups is 1. The summed E-state index contributed by atoms with van der Waals surface area (Å²) in [6.45, 7) is 5.19. The van der Waals surface area contributed by atoms with E-state index >= 15 is 0 Å². The van der Waals surface area contributed by atoms with Gasteiger partial charge in [-0.25, -0.2) is 4.79 Å². The van der Waals surface area contributed by atoms with Gasteiger partial charge in [0.2, 0.25) is 0 Å². The van der Waals surface area contributed by atoms with Gasteiger partial charge >= 0.3 is 6.09 Å². The molecule has 0 heterocycles. The minimum absolute atomic E-state index is 0.0857. The first-order valence-corrected chi connectivity index (χ1v) is 9.06. The normalized spacial score (nSPS) is 11.2. The Bertz CT molecular complexity index is 1070. The van der Waals surface area contributed by atoms with Crippen molar-refractivity contribution in [1.29, 1.82) is 0 Å². The number of fused-ring (bicyclic) bond motifs is 1. The van der Waals surface area contributed by atoms with E-state index < -0.39 is 16.6 Å². The topological polar surface area (TPSA) is 81.9 Å². The predicted octanol–water partition coefficient (Wildman–Crippen LogP) is 5.91. The Kier molecular flexibility index (Phi) is 5.41. The van der Waals surface area contributed by atoms with E-state index in [0.29, 0.717) is 11.5 Å². The highest BCUT2D eigenvalue weighted by Gasteiger charge is 2.26. The first kappa shape index (κ1) is 20.1. The smallest absolute Gasteiger partial charge is 0.414 e. The van der Waals surface area contributed by atoms with Gasteiger partial charge in [0.15, 0.2) is 0 Å². The van der Waals surface area contributed by atoms with Gasteiger partial charge in [-0.05, 0) is 49.7 Å². The molecule has 1 amide bonds. The molecule has 3 aromatic carbocycles. The van der Waals surface area contributed by atoms with Crippen molar-refractivity contribution in [3.63, 3.8) is 0 Å². The van der Waals surface area contributed by atoms with Gasteiger partial charge in [0.05, 0.1) is 4.92 Å². The molecule has 0 bridgehead atoms. The lowest BCUT2D eigenvalue weighted by atomic mass is 10.1. The van der Waals surface area contributed by atoms with Crippen LogP contribution in [0.15, 0.2) is 60.7 Å². The van der Waals surface area contributed by atoms with Gasteiger partial charge < -0.3 is 9.47 Å². The van der Waals surface area contributed by atoms with Gasteiger partial charge in [-0.15, -0.1) is 0 Å². The van der Waals surface area contributed by atoms with E-state index in [4.69, 9.17) is 9.47 Å². The monoisotopic (exact) mass is 394 g/mol. The lowest BCUT2D eigenvalue weighted by molar-refractivity contribution is -0.384. The van der Waals surface area contributed by atoms with Gasteiger partial charge in [-0.1, -0.05) is 30.3 Å². The van der Waals surface area contributed by atoms with E-state index in [9.17, 15) is 14.9 Å². The van der Waals surface area contributed by atoms with E-state index in [1.165, 1.54) is 25.2 Å². The van der Waals surface area contributed by atoms with Crippen molar-refractivity contribution >= 4 is 28.2 Å². The standard InChI is InChI=1S/C22H22N2O5/c1-22(2,3)29-21(25)23(4)20-14-18(11-12-19(20)24(26)27)28-17-10-9-15-7-5-6-8-16(15)13-17/h5-14H,1-4H3. The van der Waals surface area contributed by atoms with Crippen LogP contribution in [-0.4, -0.2) is 23.7 Å². The molecule has 0 aliphatic heterocycles. The van der Waals surface area contributed by atoms with Crippen LogP contribution < -0.4 is 9.64 Å². The van der Waals surface area contributed by atoms with Gasteiger partial charge in [0.25, 0.3) is 5.69 Å². The fourth-order valence-electron chi connectivity index (χ4n) is 2.79. The Morgan fingerprint density at radius 2 is 1.59 bits per heavy atom. The second-order valence-corrected chi connectivity index (χ2v) is 7.56. The summed E-state index contributed by atoms with van der Waals surface area (Å²) in [4.78, 5) is 24.4. The fraction of sp³-hybridized carbons (Fsp3) is 0.227. The first-order valence-electron chi connectivity index (χ1n) is 9.06. The molecule has 0 saturated carbocycles. The van der Waals surface area contributed by atoms with Crippen LogP contribution in [0, 0.1) is 10.1 Å². The molecule has 29 heavy (non-hydrogen) atoms. The Balaban J connectivity index is 1.93. The summed E-state index contributed by atoms with van der Waals surface area (Å²) in [5.74, 6) is 0.958. The second-order valence-electron chi connectivity index (χ2n) is 7.56.